The molecule has 1 heterocycles. The monoisotopic (exact) mass is 224 g/mol. The normalized spacial score (nSPS) is 13.1. The zero-order valence-electron chi connectivity index (χ0n) is 10.9. The molecule has 16 heavy (non-hydrogen) atoms. The van der Waals surface area contributed by atoms with Crippen molar-refractivity contribution in [1.29, 1.82) is 0 Å². The Morgan fingerprint density at radius 3 is 2.56 bits per heavy atom. The molecule has 1 aromatic heterocycles. The Morgan fingerprint density at radius 2 is 2.12 bits per heavy atom. The van der Waals surface area contributed by atoms with E-state index in [1.807, 2.05) is 0 Å². The summed E-state index contributed by atoms with van der Waals surface area (Å²) in [5.41, 5.74) is 3.98. The third-order valence-corrected chi connectivity index (χ3v) is 3.43. The summed E-state index contributed by atoms with van der Waals surface area (Å²) in [5.74, 6) is 0. The molecule has 92 valence electrons. The maximum absolute atomic E-state index is 8.92. The Labute approximate surface area is 98.5 Å². The van der Waals surface area contributed by atoms with Crippen LogP contribution in [0.4, 0.5) is 0 Å². The van der Waals surface area contributed by atoms with Crippen molar-refractivity contribution in [2.45, 2.75) is 46.2 Å². The van der Waals surface area contributed by atoms with Crippen LogP contribution >= 0.6 is 0 Å². The summed E-state index contributed by atoms with van der Waals surface area (Å²) < 4.78 is 2.21. The van der Waals surface area contributed by atoms with E-state index in [1.165, 1.54) is 17.0 Å². The number of aromatic nitrogens is 1. The Balaban J connectivity index is 2.56. The molecule has 3 nitrogen and oxygen atoms in total. The number of aryl methyl sites for hydroxylation is 1. The predicted molar refractivity (Wildman–Crippen MR) is 67.5 cm³/mol. The molecular weight excluding hydrogens is 200 g/mol. The maximum atomic E-state index is 8.92. The third kappa shape index (κ3) is 3.09. The van der Waals surface area contributed by atoms with Crippen molar-refractivity contribution >= 4 is 0 Å². The highest BCUT2D eigenvalue weighted by atomic mass is 16.3. The molecule has 2 N–H and O–H groups in total. The molecular formula is C13H24N2O. The molecule has 0 spiro atoms. The van der Waals surface area contributed by atoms with E-state index in [9.17, 15) is 0 Å². The van der Waals surface area contributed by atoms with E-state index in [-0.39, 0.29) is 6.61 Å². The van der Waals surface area contributed by atoms with E-state index in [0.717, 1.165) is 19.4 Å². The predicted octanol–water partition coefficient (Wildman–Crippen LogP) is 1.89. The minimum absolute atomic E-state index is 0.262. The summed E-state index contributed by atoms with van der Waals surface area (Å²) in [6.07, 6.45) is 1.90. The van der Waals surface area contributed by atoms with Gasteiger partial charge in [-0.1, -0.05) is 6.92 Å². The summed E-state index contributed by atoms with van der Waals surface area (Å²) in [7, 11) is 2.10. The fourth-order valence-electron chi connectivity index (χ4n) is 1.97. The average Bonchev–Trinajstić information content (AvgIpc) is 2.52. The van der Waals surface area contributed by atoms with Gasteiger partial charge in [-0.2, -0.15) is 0 Å². The molecule has 0 aliphatic rings. The van der Waals surface area contributed by atoms with Crippen molar-refractivity contribution in [3.05, 3.63) is 23.0 Å². The van der Waals surface area contributed by atoms with Gasteiger partial charge in [-0.25, -0.2) is 0 Å². The van der Waals surface area contributed by atoms with Gasteiger partial charge in [0.1, 0.15) is 0 Å². The van der Waals surface area contributed by atoms with E-state index in [0.29, 0.717) is 6.04 Å². The number of hydrogen-bond donors (Lipinski definition) is 2. The number of aliphatic hydroxyl groups is 1. The van der Waals surface area contributed by atoms with Crippen molar-refractivity contribution in [1.82, 2.24) is 9.88 Å². The largest absolute Gasteiger partial charge is 0.396 e. The zero-order chi connectivity index (χ0) is 12.1. The lowest BCUT2D eigenvalue weighted by Crippen LogP contribution is -2.29. The summed E-state index contributed by atoms with van der Waals surface area (Å²) in [6.45, 7) is 7.58. The highest BCUT2D eigenvalue weighted by molar-refractivity contribution is 5.26. The lowest BCUT2D eigenvalue weighted by atomic mass is 10.1. The molecule has 0 amide bonds. The molecule has 0 saturated heterocycles. The number of rotatable bonds is 6. The van der Waals surface area contributed by atoms with Crippen LogP contribution in [0.3, 0.4) is 0 Å². The van der Waals surface area contributed by atoms with Gasteiger partial charge in [-0.15, -0.1) is 0 Å². The number of nitrogens with zero attached hydrogens (tertiary/aromatic N) is 1. The molecule has 3 heteroatoms. The van der Waals surface area contributed by atoms with Crippen LogP contribution in [0.25, 0.3) is 0 Å². The van der Waals surface area contributed by atoms with Crippen LogP contribution in [0.1, 0.15) is 36.7 Å². The molecule has 1 rings (SSSR count). The number of aliphatic hydroxyl groups excluding tert-OH is 1. The first kappa shape index (κ1) is 13.3. The Kier molecular flexibility index (Phi) is 5.03. The van der Waals surface area contributed by atoms with E-state index < -0.39 is 0 Å². The van der Waals surface area contributed by atoms with Crippen LogP contribution < -0.4 is 5.32 Å². The smallest absolute Gasteiger partial charge is 0.0445 e. The number of nitrogens with one attached hydrogen (secondary N) is 1. The molecule has 0 aromatic carbocycles. The van der Waals surface area contributed by atoms with Crippen molar-refractivity contribution < 1.29 is 5.11 Å². The van der Waals surface area contributed by atoms with Gasteiger partial charge in [0, 0.05) is 37.6 Å². The van der Waals surface area contributed by atoms with E-state index in [2.05, 4.69) is 43.8 Å². The minimum atomic E-state index is 0.262. The quantitative estimate of drug-likeness (QED) is 0.774. The van der Waals surface area contributed by atoms with Gasteiger partial charge in [-0.05, 0) is 38.3 Å². The second-order valence-electron chi connectivity index (χ2n) is 4.45. The van der Waals surface area contributed by atoms with Gasteiger partial charge in [0.2, 0.25) is 0 Å². The standard InChI is InChI=1S/C13H24N2O/c1-5-13(6-7-16)14-9-12-8-10(2)15(4)11(12)3/h8,13-14,16H,5-7,9H2,1-4H3. The van der Waals surface area contributed by atoms with Gasteiger partial charge in [0.25, 0.3) is 0 Å². The van der Waals surface area contributed by atoms with Crippen LogP contribution in [0, 0.1) is 13.8 Å². The molecule has 1 aromatic rings. The van der Waals surface area contributed by atoms with Crippen molar-refractivity contribution in [3.8, 4) is 0 Å². The molecule has 0 aliphatic heterocycles. The lowest BCUT2D eigenvalue weighted by Gasteiger charge is -2.15. The van der Waals surface area contributed by atoms with Gasteiger partial charge in [0.15, 0.2) is 0 Å². The van der Waals surface area contributed by atoms with Gasteiger partial charge in [-0.3, -0.25) is 0 Å². The average molecular weight is 224 g/mol. The summed E-state index contributed by atoms with van der Waals surface area (Å²) >= 11 is 0. The zero-order valence-corrected chi connectivity index (χ0v) is 10.9. The highest BCUT2D eigenvalue weighted by Crippen LogP contribution is 2.13. The summed E-state index contributed by atoms with van der Waals surface area (Å²) in [4.78, 5) is 0. The van der Waals surface area contributed by atoms with Crippen molar-refractivity contribution in [3.63, 3.8) is 0 Å². The van der Waals surface area contributed by atoms with E-state index >= 15 is 0 Å². The van der Waals surface area contributed by atoms with E-state index in [1.54, 1.807) is 0 Å². The SMILES string of the molecule is CCC(CCO)NCc1cc(C)n(C)c1C. The second-order valence-corrected chi connectivity index (χ2v) is 4.45. The minimum Gasteiger partial charge on any atom is -0.396 e. The van der Waals surface area contributed by atoms with Crippen LogP contribution in [-0.2, 0) is 13.6 Å². The van der Waals surface area contributed by atoms with Crippen LogP contribution in [-0.4, -0.2) is 22.3 Å². The fourth-order valence-corrected chi connectivity index (χ4v) is 1.97. The molecule has 1 unspecified atom stereocenters. The Hall–Kier alpha value is -0.800. The fraction of sp³-hybridized carbons (Fsp3) is 0.692. The van der Waals surface area contributed by atoms with Crippen molar-refractivity contribution in [2.75, 3.05) is 6.61 Å². The molecule has 1 atom stereocenters. The van der Waals surface area contributed by atoms with Crippen LogP contribution in [0.15, 0.2) is 6.07 Å². The van der Waals surface area contributed by atoms with Gasteiger partial charge < -0.3 is 15.0 Å². The number of hydrogen-bond acceptors (Lipinski definition) is 2. The topological polar surface area (TPSA) is 37.2 Å². The molecule has 0 saturated carbocycles. The molecule has 0 bridgehead atoms. The first-order valence-corrected chi connectivity index (χ1v) is 6.06. The third-order valence-electron chi connectivity index (χ3n) is 3.43. The van der Waals surface area contributed by atoms with Gasteiger partial charge in [0.05, 0.1) is 0 Å². The highest BCUT2D eigenvalue weighted by Gasteiger charge is 2.08. The summed E-state index contributed by atoms with van der Waals surface area (Å²) in [6, 6.07) is 2.65. The Morgan fingerprint density at radius 1 is 1.44 bits per heavy atom. The molecule has 0 aliphatic carbocycles. The van der Waals surface area contributed by atoms with Crippen LogP contribution in [0.5, 0.6) is 0 Å². The van der Waals surface area contributed by atoms with Gasteiger partial charge >= 0.3 is 0 Å². The van der Waals surface area contributed by atoms with Crippen molar-refractivity contribution in [2.24, 2.45) is 7.05 Å². The van der Waals surface area contributed by atoms with Crippen LogP contribution in [0.2, 0.25) is 0 Å². The first-order chi connectivity index (χ1) is 7.60. The van der Waals surface area contributed by atoms with E-state index in [4.69, 9.17) is 5.11 Å². The second kappa shape index (κ2) is 6.06. The summed E-state index contributed by atoms with van der Waals surface area (Å²) in [5, 5.41) is 12.4. The molecule has 0 radical (unpaired) electrons. The lowest BCUT2D eigenvalue weighted by molar-refractivity contribution is 0.262. The maximum Gasteiger partial charge on any atom is 0.0445 e. The molecule has 0 fully saturated rings. The first-order valence-electron chi connectivity index (χ1n) is 6.06. The Bertz CT molecular complexity index is 331.